The maximum Gasteiger partial charge on any atom is 0.257 e. The number of rotatable bonds is 6. The summed E-state index contributed by atoms with van der Waals surface area (Å²) in [6, 6.07) is 13.5. The summed E-state index contributed by atoms with van der Waals surface area (Å²) >= 11 is 1.37. The summed E-state index contributed by atoms with van der Waals surface area (Å²) in [5, 5.41) is 12.3. The maximum absolute atomic E-state index is 12.2. The van der Waals surface area contributed by atoms with Crippen LogP contribution in [0.1, 0.15) is 32.1 Å². The Hall–Kier alpha value is -2.73. The van der Waals surface area contributed by atoms with Gasteiger partial charge in [0.05, 0.1) is 6.61 Å². The summed E-state index contributed by atoms with van der Waals surface area (Å²) < 4.78 is 5.77. The Balaban J connectivity index is 1.52. The average Bonchev–Trinajstić information content (AvgIpc) is 3.06. The zero-order chi connectivity index (χ0) is 18.5. The van der Waals surface area contributed by atoms with Gasteiger partial charge in [0.2, 0.25) is 5.13 Å². The quantitative estimate of drug-likeness (QED) is 0.704. The highest BCUT2D eigenvalue weighted by molar-refractivity contribution is 7.15. The van der Waals surface area contributed by atoms with Gasteiger partial charge in [0.25, 0.3) is 5.91 Å². The standard InChI is InChI=1S/C20H21N3O2S/c1-13-4-7-16(8-5-13)19(24)21-20-23-22-18(26-20)10-11-25-17-9-6-14(2)15(3)12-17/h4-9,12H,10-11H2,1-3H3,(H,21,23,24). The lowest BCUT2D eigenvalue weighted by molar-refractivity contribution is 0.102. The number of benzene rings is 2. The first-order valence-corrected chi connectivity index (χ1v) is 9.23. The molecule has 1 aromatic heterocycles. The first-order valence-electron chi connectivity index (χ1n) is 8.42. The Morgan fingerprint density at radius 1 is 1.04 bits per heavy atom. The van der Waals surface area contributed by atoms with Crippen LogP contribution in [0.2, 0.25) is 0 Å². The number of nitrogens with one attached hydrogen (secondary N) is 1. The molecule has 3 rings (SSSR count). The second-order valence-electron chi connectivity index (χ2n) is 6.17. The predicted octanol–water partition coefficient (Wildman–Crippen LogP) is 4.34. The molecule has 0 radical (unpaired) electrons. The van der Waals surface area contributed by atoms with Gasteiger partial charge < -0.3 is 4.74 Å². The third-order valence-electron chi connectivity index (χ3n) is 4.06. The third-order valence-corrected chi connectivity index (χ3v) is 4.96. The maximum atomic E-state index is 12.2. The number of aryl methyl sites for hydroxylation is 3. The molecule has 0 atom stereocenters. The topological polar surface area (TPSA) is 64.1 Å². The molecule has 1 N–H and O–H groups in total. The van der Waals surface area contributed by atoms with Crippen molar-refractivity contribution in [2.45, 2.75) is 27.2 Å². The van der Waals surface area contributed by atoms with E-state index in [9.17, 15) is 4.79 Å². The molecule has 26 heavy (non-hydrogen) atoms. The molecule has 0 aliphatic carbocycles. The van der Waals surface area contributed by atoms with E-state index in [0.29, 0.717) is 23.7 Å². The predicted molar refractivity (Wildman–Crippen MR) is 104 cm³/mol. The number of hydrogen-bond acceptors (Lipinski definition) is 5. The average molecular weight is 367 g/mol. The molecule has 0 unspecified atom stereocenters. The first kappa shape index (κ1) is 18.1. The van der Waals surface area contributed by atoms with Gasteiger partial charge in [0, 0.05) is 12.0 Å². The van der Waals surface area contributed by atoms with Crippen molar-refractivity contribution in [3.8, 4) is 5.75 Å². The Labute approximate surface area is 157 Å². The molecule has 0 fully saturated rings. The largest absolute Gasteiger partial charge is 0.493 e. The molecular weight excluding hydrogens is 346 g/mol. The van der Waals surface area contributed by atoms with E-state index in [-0.39, 0.29) is 5.91 Å². The molecular formula is C20H21N3O2S. The van der Waals surface area contributed by atoms with E-state index in [0.717, 1.165) is 16.3 Å². The fraction of sp³-hybridized carbons (Fsp3) is 0.250. The van der Waals surface area contributed by atoms with Crippen LogP contribution in [0.5, 0.6) is 5.75 Å². The Morgan fingerprint density at radius 2 is 1.81 bits per heavy atom. The van der Waals surface area contributed by atoms with E-state index in [4.69, 9.17) is 4.74 Å². The van der Waals surface area contributed by atoms with Crippen molar-refractivity contribution in [1.82, 2.24) is 10.2 Å². The van der Waals surface area contributed by atoms with Gasteiger partial charge >= 0.3 is 0 Å². The zero-order valence-corrected chi connectivity index (χ0v) is 15.9. The van der Waals surface area contributed by atoms with Crippen LogP contribution in [0.4, 0.5) is 5.13 Å². The molecule has 5 nitrogen and oxygen atoms in total. The van der Waals surface area contributed by atoms with Gasteiger partial charge in [0.1, 0.15) is 10.8 Å². The number of carbonyl (C=O) groups is 1. The molecule has 6 heteroatoms. The number of nitrogens with zero attached hydrogens (tertiary/aromatic N) is 2. The second-order valence-corrected chi connectivity index (χ2v) is 7.23. The Bertz CT molecular complexity index is 904. The minimum Gasteiger partial charge on any atom is -0.493 e. The van der Waals surface area contributed by atoms with Gasteiger partial charge in [-0.25, -0.2) is 0 Å². The van der Waals surface area contributed by atoms with Gasteiger partial charge in [-0.2, -0.15) is 0 Å². The van der Waals surface area contributed by atoms with Crippen LogP contribution in [0.15, 0.2) is 42.5 Å². The van der Waals surface area contributed by atoms with Crippen molar-refractivity contribution in [3.05, 3.63) is 69.7 Å². The number of hydrogen-bond donors (Lipinski definition) is 1. The van der Waals surface area contributed by atoms with Crippen molar-refractivity contribution >= 4 is 22.4 Å². The molecule has 1 amide bonds. The van der Waals surface area contributed by atoms with Crippen LogP contribution in [0, 0.1) is 20.8 Å². The highest BCUT2D eigenvalue weighted by atomic mass is 32.1. The summed E-state index contributed by atoms with van der Waals surface area (Å²) in [4.78, 5) is 12.2. The van der Waals surface area contributed by atoms with E-state index in [1.807, 2.05) is 37.3 Å². The zero-order valence-electron chi connectivity index (χ0n) is 15.1. The summed E-state index contributed by atoms with van der Waals surface area (Å²) in [6.07, 6.45) is 0.644. The molecule has 0 bridgehead atoms. The summed E-state index contributed by atoms with van der Waals surface area (Å²) in [5.74, 6) is 0.671. The van der Waals surface area contributed by atoms with E-state index < -0.39 is 0 Å². The van der Waals surface area contributed by atoms with E-state index in [1.165, 1.54) is 22.5 Å². The molecule has 0 aliphatic heterocycles. The first-order chi connectivity index (χ1) is 12.5. The van der Waals surface area contributed by atoms with Crippen molar-refractivity contribution in [1.29, 1.82) is 0 Å². The lowest BCUT2D eigenvalue weighted by atomic mass is 10.1. The van der Waals surface area contributed by atoms with Crippen molar-refractivity contribution in [2.75, 3.05) is 11.9 Å². The molecule has 3 aromatic rings. The molecule has 1 heterocycles. The number of carbonyl (C=O) groups excluding carboxylic acids is 1. The van der Waals surface area contributed by atoms with Gasteiger partial charge in [-0.05, 0) is 56.2 Å². The summed E-state index contributed by atoms with van der Waals surface area (Å²) in [6.45, 7) is 6.64. The van der Waals surface area contributed by atoms with Crippen LogP contribution in [-0.2, 0) is 6.42 Å². The van der Waals surface area contributed by atoms with Gasteiger partial charge in [-0.3, -0.25) is 10.1 Å². The van der Waals surface area contributed by atoms with E-state index in [2.05, 4.69) is 29.4 Å². The normalized spacial score (nSPS) is 10.6. The fourth-order valence-corrected chi connectivity index (χ4v) is 3.05. The second kappa shape index (κ2) is 8.10. The minimum absolute atomic E-state index is 0.181. The van der Waals surface area contributed by atoms with Crippen molar-refractivity contribution in [2.24, 2.45) is 0 Å². The summed E-state index contributed by atoms with van der Waals surface area (Å²) in [5.41, 5.74) is 4.17. The van der Waals surface area contributed by atoms with Gasteiger partial charge in [-0.1, -0.05) is 35.1 Å². The highest BCUT2D eigenvalue weighted by Crippen LogP contribution is 2.19. The number of ether oxygens (including phenoxy) is 1. The lowest BCUT2D eigenvalue weighted by Crippen LogP contribution is -2.11. The Morgan fingerprint density at radius 3 is 2.54 bits per heavy atom. The van der Waals surface area contributed by atoms with E-state index >= 15 is 0 Å². The van der Waals surface area contributed by atoms with Crippen LogP contribution in [0.3, 0.4) is 0 Å². The minimum atomic E-state index is -0.181. The highest BCUT2D eigenvalue weighted by Gasteiger charge is 2.10. The SMILES string of the molecule is Cc1ccc(C(=O)Nc2nnc(CCOc3ccc(C)c(C)c3)s2)cc1. The monoisotopic (exact) mass is 367 g/mol. The Kier molecular flexibility index (Phi) is 5.63. The molecule has 2 aromatic carbocycles. The smallest absolute Gasteiger partial charge is 0.257 e. The van der Waals surface area contributed by atoms with Crippen LogP contribution in [-0.4, -0.2) is 22.7 Å². The van der Waals surface area contributed by atoms with Gasteiger partial charge in [-0.15, -0.1) is 10.2 Å². The van der Waals surface area contributed by atoms with Gasteiger partial charge in [0.15, 0.2) is 0 Å². The molecule has 0 aliphatic rings. The molecule has 134 valence electrons. The summed E-state index contributed by atoms with van der Waals surface area (Å²) in [7, 11) is 0. The van der Waals surface area contributed by atoms with E-state index in [1.54, 1.807) is 12.1 Å². The van der Waals surface area contributed by atoms with Crippen LogP contribution >= 0.6 is 11.3 Å². The number of amides is 1. The van der Waals surface area contributed by atoms with Crippen molar-refractivity contribution in [3.63, 3.8) is 0 Å². The third kappa shape index (κ3) is 4.67. The molecule has 0 saturated carbocycles. The number of anilines is 1. The van der Waals surface area contributed by atoms with Crippen molar-refractivity contribution < 1.29 is 9.53 Å². The lowest BCUT2D eigenvalue weighted by Gasteiger charge is -2.07. The number of aromatic nitrogens is 2. The fourth-order valence-electron chi connectivity index (χ4n) is 2.34. The molecule has 0 spiro atoms. The molecule has 0 saturated heterocycles. The van der Waals surface area contributed by atoms with Crippen LogP contribution in [0.25, 0.3) is 0 Å². The van der Waals surface area contributed by atoms with Crippen LogP contribution < -0.4 is 10.1 Å².